The Morgan fingerprint density at radius 2 is 1.61 bits per heavy atom. The van der Waals surface area contributed by atoms with Gasteiger partial charge in [0.05, 0.1) is 21.5 Å². The van der Waals surface area contributed by atoms with Gasteiger partial charge in [0, 0.05) is 16.7 Å². The number of hydrogen-bond donors (Lipinski definition) is 1. The van der Waals surface area contributed by atoms with Crippen molar-refractivity contribution in [1.82, 2.24) is 4.31 Å². The smallest absolute Gasteiger partial charge is 0.243 e. The van der Waals surface area contributed by atoms with Gasteiger partial charge in [-0.1, -0.05) is 69.0 Å². The van der Waals surface area contributed by atoms with E-state index < -0.39 is 15.9 Å². The molecule has 9 heteroatoms. The predicted molar refractivity (Wildman–Crippen MR) is 128 cm³/mol. The van der Waals surface area contributed by atoms with Crippen LogP contribution in [0.1, 0.15) is 11.1 Å². The quantitative estimate of drug-likeness (QED) is 0.405. The predicted octanol–water partition coefficient (Wildman–Crippen LogP) is 5.89. The summed E-state index contributed by atoms with van der Waals surface area (Å²) >= 11 is 15.2. The van der Waals surface area contributed by atoms with E-state index in [1.165, 1.54) is 18.2 Å². The highest BCUT2D eigenvalue weighted by atomic mass is 79.9. The van der Waals surface area contributed by atoms with Gasteiger partial charge in [0.1, 0.15) is 0 Å². The molecule has 3 aromatic carbocycles. The molecule has 0 aliphatic rings. The largest absolute Gasteiger partial charge is 0.325 e. The SMILES string of the molecule is Cc1ccc(CN(CC(=O)Nc2ccc(Cl)c(Cl)c2)S(=O)(=O)c2ccc(Br)cc2)cc1. The number of amides is 1. The first kappa shape index (κ1) is 23.8. The van der Waals surface area contributed by atoms with Crippen molar-refractivity contribution in [3.05, 3.63) is 92.4 Å². The van der Waals surface area contributed by atoms with E-state index in [0.717, 1.165) is 19.9 Å². The highest BCUT2D eigenvalue weighted by Gasteiger charge is 2.27. The fraction of sp³-hybridized carbons (Fsp3) is 0.136. The van der Waals surface area contributed by atoms with Gasteiger partial charge in [-0.15, -0.1) is 0 Å². The second-order valence-electron chi connectivity index (χ2n) is 6.89. The van der Waals surface area contributed by atoms with Gasteiger partial charge < -0.3 is 5.32 Å². The Morgan fingerprint density at radius 3 is 2.23 bits per heavy atom. The molecule has 0 fully saturated rings. The molecule has 0 spiro atoms. The highest BCUT2D eigenvalue weighted by molar-refractivity contribution is 9.10. The zero-order chi connectivity index (χ0) is 22.6. The summed E-state index contributed by atoms with van der Waals surface area (Å²) in [6.45, 7) is 1.63. The third-order valence-electron chi connectivity index (χ3n) is 4.45. The Bertz CT molecular complexity index is 1180. The van der Waals surface area contributed by atoms with Crippen molar-refractivity contribution < 1.29 is 13.2 Å². The molecule has 0 saturated carbocycles. The number of nitrogens with one attached hydrogen (secondary N) is 1. The van der Waals surface area contributed by atoms with Crippen molar-refractivity contribution in [2.24, 2.45) is 0 Å². The van der Waals surface area contributed by atoms with E-state index in [2.05, 4.69) is 21.2 Å². The molecule has 162 valence electrons. The normalized spacial score (nSPS) is 11.5. The summed E-state index contributed by atoms with van der Waals surface area (Å²) < 4.78 is 28.5. The van der Waals surface area contributed by atoms with Gasteiger partial charge in [0.25, 0.3) is 0 Å². The number of carbonyl (C=O) groups is 1. The molecule has 1 N–H and O–H groups in total. The van der Waals surface area contributed by atoms with Crippen LogP contribution >= 0.6 is 39.1 Å². The molecule has 1 amide bonds. The molecule has 0 heterocycles. The summed E-state index contributed by atoms with van der Waals surface area (Å²) in [7, 11) is -3.92. The zero-order valence-electron chi connectivity index (χ0n) is 16.5. The lowest BCUT2D eigenvalue weighted by molar-refractivity contribution is -0.116. The van der Waals surface area contributed by atoms with Crippen molar-refractivity contribution in [2.75, 3.05) is 11.9 Å². The number of nitrogens with zero attached hydrogens (tertiary/aromatic N) is 1. The number of aryl methyl sites for hydroxylation is 1. The molecule has 0 aliphatic carbocycles. The summed E-state index contributed by atoms with van der Waals surface area (Å²) in [5, 5.41) is 3.32. The van der Waals surface area contributed by atoms with E-state index in [9.17, 15) is 13.2 Å². The van der Waals surface area contributed by atoms with Crippen LogP contribution in [0, 0.1) is 6.92 Å². The monoisotopic (exact) mass is 540 g/mol. The third kappa shape index (κ3) is 6.30. The number of hydrogen-bond acceptors (Lipinski definition) is 3. The van der Waals surface area contributed by atoms with Crippen molar-refractivity contribution in [1.29, 1.82) is 0 Å². The van der Waals surface area contributed by atoms with E-state index in [-0.39, 0.29) is 18.0 Å². The molecular weight excluding hydrogens is 523 g/mol. The van der Waals surface area contributed by atoms with Crippen LogP contribution in [0.2, 0.25) is 10.0 Å². The van der Waals surface area contributed by atoms with Crippen LogP contribution in [0.4, 0.5) is 5.69 Å². The average Bonchev–Trinajstić information content (AvgIpc) is 2.72. The standard InChI is InChI=1S/C22H19BrCl2N2O3S/c1-15-2-4-16(5-3-15)13-27(31(29,30)19-9-6-17(23)7-10-19)14-22(28)26-18-8-11-20(24)21(25)12-18/h2-12H,13-14H2,1H3,(H,26,28). The maximum Gasteiger partial charge on any atom is 0.243 e. The van der Waals surface area contributed by atoms with E-state index in [1.54, 1.807) is 24.3 Å². The van der Waals surface area contributed by atoms with Gasteiger partial charge >= 0.3 is 0 Å². The fourth-order valence-corrected chi connectivity index (χ4v) is 4.76. The first-order valence-electron chi connectivity index (χ1n) is 9.21. The molecule has 0 unspecified atom stereocenters. The summed E-state index contributed by atoms with van der Waals surface area (Å²) in [5.74, 6) is -0.494. The number of sulfonamides is 1. The molecular formula is C22H19BrCl2N2O3S. The van der Waals surface area contributed by atoms with Gasteiger partial charge in [-0.05, 0) is 55.0 Å². The van der Waals surface area contributed by atoms with Gasteiger partial charge in [0.15, 0.2) is 0 Å². The second kappa shape index (κ2) is 10.1. The van der Waals surface area contributed by atoms with Crippen LogP contribution in [0.3, 0.4) is 0 Å². The molecule has 3 rings (SSSR count). The fourth-order valence-electron chi connectivity index (χ4n) is 2.81. The van der Waals surface area contributed by atoms with Crippen LogP contribution < -0.4 is 5.32 Å². The summed E-state index contributed by atoms with van der Waals surface area (Å²) in [5.41, 5.74) is 2.26. The van der Waals surface area contributed by atoms with Crippen LogP contribution in [0.5, 0.6) is 0 Å². The molecule has 0 saturated heterocycles. The Labute approximate surface area is 200 Å². The van der Waals surface area contributed by atoms with Crippen LogP contribution in [-0.4, -0.2) is 25.2 Å². The molecule has 0 aliphatic heterocycles. The molecule has 5 nitrogen and oxygen atoms in total. The minimum absolute atomic E-state index is 0.0491. The van der Waals surface area contributed by atoms with Crippen LogP contribution in [-0.2, 0) is 21.4 Å². The van der Waals surface area contributed by atoms with Crippen LogP contribution in [0.15, 0.2) is 76.1 Å². The maximum atomic E-state index is 13.3. The highest BCUT2D eigenvalue weighted by Crippen LogP contribution is 2.25. The second-order valence-corrected chi connectivity index (χ2v) is 10.6. The van der Waals surface area contributed by atoms with Gasteiger partial charge in [0.2, 0.25) is 15.9 Å². The molecule has 31 heavy (non-hydrogen) atoms. The summed E-state index contributed by atoms with van der Waals surface area (Å²) in [6, 6.07) is 18.4. The van der Waals surface area contributed by atoms with Gasteiger partial charge in [-0.2, -0.15) is 4.31 Å². The van der Waals surface area contributed by atoms with Crippen molar-refractivity contribution in [2.45, 2.75) is 18.4 Å². The summed E-state index contributed by atoms with van der Waals surface area (Å²) in [4.78, 5) is 12.8. The first-order valence-corrected chi connectivity index (χ1v) is 12.2. The molecule has 3 aromatic rings. The number of rotatable bonds is 7. The Kier molecular flexibility index (Phi) is 7.78. The topological polar surface area (TPSA) is 66.5 Å². The van der Waals surface area contributed by atoms with Crippen molar-refractivity contribution in [3.63, 3.8) is 0 Å². The molecule has 0 radical (unpaired) electrons. The first-order chi connectivity index (χ1) is 14.6. The minimum atomic E-state index is -3.92. The lowest BCUT2D eigenvalue weighted by Crippen LogP contribution is -2.37. The van der Waals surface area contributed by atoms with Crippen molar-refractivity contribution >= 4 is 60.7 Å². The molecule has 0 bridgehead atoms. The Balaban J connectivity index is 1.87. The van der Waals surface area contributed by atoms with E-state index in [1.807, 2.05) is 31.2 Å². The van der Waals surface area contributed by atoms with Crippen molar-refractivity contribution in [3.8, 4) is 0 Å². The van der Waals surface area contributed by atoms with E-state index >= 15 is 0 Å². The van der Waals surface area contributed by atoms with E-state index in [0.29, 0.717) is 15.7 Å². The minimum Gasteiger partial charge on any atom is -0.325 e. The number of halogens is 3. The number of carbonyl (C=O) groups excluding carboxylic acids is 1. The zero-order valence-corrected chi connectivity index (χ0v) is 20.4. The maximum absolute atomic E-state index is 13.3. The lowest BCUT2D eigenvalue weighted by Gasteiger charge is -2.22. The Morgan fingerprint density at radius 1 is 0.968 bits per heavy atom. The molecule has 0 atom stereocenters. The Hall–Kier alpha value is -1.90. The van der Waals surface area contributed by atoms with Gasteiger partial charge in [-0.25, -0.2) is 8.42 Å². The lowest BCUT2D eigenvalue weighted by atomic mass is 10.1. The van der Waals surface area contributed by atoms with Crippen LogP contribution in [0.25, 0.3) is 0 Å². The number of anilines is 1. The number of benzene rings is 3. The average molecular weight is 542 g/mol. The molecule has 0 aromatic heterocycles. The third-order valence-corrected chi connectivity index (χ3v) is 7.53. The van der Waals surface area contributed by atoms with E-state index in [4.69, 9.17) is 23.2 Å². The summed E-state index contributed by atoms with van der Waals surface area (Å²) in [6.07, 6.45) is 0. The van der Waals surface area contributed by atoms with Gasteiger partial charge in [-0.3, -0.25) is 4.79 Å².